The Morgan fingerprint density at radius 2 is 1.96 bits per heavy atom. The summed E-state index contributed by atoms with van der Waals surface area (Å²) in [6, 6.07) is 9.44. The molecule has 1 aromatic carbocycles. The SMILES string of the molecule is CC(C)(C)OC(=O)NCCC(O)C(O)c1cn[nH]c1-c1ccccc1. The topological polar surface area (TPSA) is 107 Å². The van der Waals surface area contributed by atoms with Crippen molar-refractivity contribution >= 4 is 6.09 Å². The third-order valence-electron chi connectivity index (χ3n) is 3.52. The third kappa shape index (κ3) is 5.58. The Kier molecular flexibility index (Phi) is 6.17. The van der Waals surface area contributed by atoms with Crippen molar-refractivity contribution in [2.24, 2.45) is 0 Å². The van der Waals surface area contributed by atoms with E-state index in [0.717, 1.165) is 5.56 Å². The first kappa shape index (κ1) is 19.0. The minimum Gasteiger partial charge on any atom is -0.444 e. The molecule has 7 heteroatoms. The van der Waals surface area contributed by atoms with Crippen LogP contribution in [0.25, 0.3) is 11.3 Å². The number of rotatable bonds is 6. The molecular formula is C18H25N3O4. The lowest BCUT2D eigenvalue weighted by molar-refractivity contribution is 0.0126. The molecule has 136 valence electrons. The van der Waals surface area contributed by atoms with Crippen LogP contribution in [-0.4, -0.2) is 44.8 Å². The van der Waals surface area contributed by atoms with E-state index in [1.54, 1.807) is 20.8 Å². The lowest BCUT2D eigenvalue weighted by atomic mass is 9.99. The number of carbonyl (C=O) groups excluding carboxylic acids is 1. The molecule has 0 aliphatic heterocycles. The van der Waals surface area contributed by atoms with Gasteiger partial charge in [-0.05, 0) is 32.8 Å². The normalized spacial score (nSPS) is 14.0. The summed E-state index contributed by atoms with van der Waals surface area (Å²) in [6.07, 6.45) is -1.04. The molecule has 2 atom stereocenters. The van der Waals surface area contributed by atoms with E-state index >= 15 is 0 Å². The summed E-state index contributed by atoms with van der Waals surface area (Å²) < 4.78 is 5.12. The van der Waals surface area contributed by atoms with E-state index in [1.807, 2.05) is 30.3 Å². The third-order valence-corrected chi connectivity index (χ3v) is 3.52. The van der Waals surface area contributed by atoms with Crippen molar-refractivity contribution in [2.45, 2.75) is 45.0 Å². The van der Waals surface area contributed by atoms with Crippen LogP contribution in [0.5, 0.6) is 0 Å². The minimum absolute atomic E-state index is 0.180. The smallest absolute Gasteiger partial charge is 0.407 e. The molecule has 1 heterocycles. The van der Waals surface area contributed by atoms with Gasteiger partial charge in [-0.15, -0.1) is 0 Å². The summed E-state index contributed by atoms with van der Waals surface area (Å²) in [4.78, 5) is 11.6. The number of benzene rings is 1. The summed E-state index contributed by atoms with van der Waals surface area (Å²) in [5.74, 6) is 0. The molecule has 1 aromatic heterocycles. The second kappa shape index (κ2) is 8.13. The average molecular weight is 347 g/mol. The van der Waals surface area contributed by atoms with Crippen molar-refractivity contribution in [3.63, 3.8) is 0 Å². The summed E-state index contributed by atoms with van der Waals surface area (Å²) in [7, 11) is 0. The highest BCUT2D eigenvalue weighted by atomic mass is 16.6. The molecule has 0 aliphatic rings. The monoisotopic (exact) mass is 347 g/mol. The van der Waals surface area contributed by atoms with Gasteiger partial charge in [0.15, 0.2) is 0 Å². The first-order chi connectivity index (χ1) is 11.8. The van der Waals surface area contributed by atoms with Crippen molar-refractivity contribution in [2.75, 3.05) is 6.54 Å². The highest BCUT2D eigenvalue weighted by molar-refractivity contribution is 5.67. The molecule has 0 saturated carbocycles. The number of aliphatic hydroxyl groups excluding tert-OH is 2. The number of hydrogen-bond acceptors (Lipinski definition) is 5. The lowest BCUT2D eigenvalue weighted by Gasteiger charge is -2.21. The number of ether oxygens (including phenoxy) is 1. The molecule has 7 nitrogen and oxygen atoms in total. The summed E-state index contributed by atoms with van der Waals surface area (Å²) in [5.41, 5.74) is 1.46. The predicted molar refractivity (Wildman–Crippen MR) is 93.8 cm³/mol. The molecule has 0 bridgehead atoms. The molecule has 2 unspecified atom stereocenters. The van der Waals surface area contributed by atoms with Gasteiger partial charge in [-0.1, -0.05) is 30.3 Å². The molecule has 4 N–H and O–H groups in total. The molecule has 0 saturated heterocycles. The number of hydrogen-bond donors (Lipinski definition) is 4. The second-order valence-electron chi connectivity index (χ2n) is 6.80. The maximum Gasteiger partial charge on any atom is 0.407 e. The van der Waals surface area contributed by atoms with Crippen molar-refractivity contribution in [1.29, 1.82) is 0 Å². The fourth-order valence-corrected chi connectivity index (χ4v) is 2.36. The van der Waals surface area contributed by atoms with Crippen molar-refractivity contribution in [3.8, 4) is 11.3 Å². The van der Waals surface area contributed by atoms with E-state index in [-0.39, 0.29) is 13.0 Å². The fourth-order valence-electron chi connectivity index (χ4n) is 2.36. The zero-order valence-corrected chi connectivity index (χ0v) is 14.7. The predicted octanol–water partition coefficient (Wildman–Crippen LogP) is 2.39. The van der Waals surface area contributed by atoms with Gasteiger partial charge in [-0.25, -0.2) is 4.79 Å². The summed E-state index contributed by atoms with van der Waals surface area (Å²) in [6.45, 7) is 5.51. The van der Waals surface area contributed by atoms with Gasteiger partial charge in [0.2, 0.25) is 0 Å². The van der Waals surface area contributed by atoms with Gasteiger partial charge in [-0.3, -0.25) is 5.10 Å². The molecule has 0 fully saturated rings. The van der Waals surface area contributed by atoms with E-state index in [9.17, 15) is 15.0 Å². The molecular weight excluding hydrogens is 322 g/mol. The number of alkyl carbamates (subject to hydrolysis) is 1. The van der Waals surface area contributed by atoms with Gasteiger partial charge >= 0.3 is 6.09 Å². The lowest BCUT2D eigenvalue weighted by Crippen LogP contribution is -2.34. The quantitative estimate of drug-likeness (QED) is 0.642. The zero-order valence-electron chi connectivity index (χ0n) is 14.7. The van der Waals surface area contributed by atoms with Crippen LogP contribution < -0.4 is 5.32 Å². The Bertz CT molecular complexity index is 679. The van der Waals surface area contributed by atoms with E-state index < -0.39 is 23.9 Å². The van der Waals surface area contributed by atoms with Gasteiger partial charge in [0.05, 0.1) is 18.0 Å². The zero-order chi connectivity index (χ0) is 18.4. The first-order valence-electron chi connectivity index (χ1n) is 8.19. The highest BCUT2D eigenvalue weighted by Gasteiger charge is 2.23. The van der Waals surface area contributed by atoms with E-state index in [4.69, 9.17) is 4.74 Å². The molecule has 2 rings (SSSR count). The van der Waals surface area contributed by atoms with Crippen LogP contribution in [0, 0.1) is 0 Å². The number of nitrogens with one attached hydrogen (secondary N) is 2. The number of amides is 1. The van der Waals surface area contributed by atoms with Crippen LogP contribution in [0.4, 0.5) is 4.79 Å². The molecule has 0 aliphatic carbocycles. The first-order valence-corrected chi connectivity index (χ1v) is 8.19. The molecule has 1 amide bonds. The second-order valence-corrected chi connectivity index (χ2v) is 6.80. The van der Waals surface area contributed by atoms with Gasteiger partial charge < -0.3 is 20.3 Å². The van der Waals surface area contributed by atoms with Crippen molar-refractivity contribution in [1.82, 2.24) is 15.5 Å². The highest BCUT2D eigenvalue weighted by Crippen LogP contribution is 2.28. The van der Waals surface area contributed by atoms with Crippen molar-refractivity contribution in [3.05, 3.63) is 42.1 Å². The summed E-state index contributed by atoms with van der Waals surface area (Å²) in [5, 5.41) is 30.0. The maximum absolute atomic E-state index is 11.6. The van der Waals surface area contributed by atoms with Gasteiger partial charge in [0.1, 0.15) is 11.7 Å². The summed E-state index contributed by atoms with van der Waals surface area (Å²) >= 11 is 0. The van der Waals surface area contributed by atoms with E-state index in [0.29, 0.717) is 11.3 Å². The Morgan fingerprint density at radius 3 is 2.60 bits per heavy atom. The standard InChI is InChI=1S/C18H25N3O4/c1-18(2,3)25-17(24)19-10-9-14(22)16(23)13-11-20-21-15(13)12-7-5-4-6-8-12/h4-8,11,14,16,22-23H,9-10H2,1-3H3,(H,19,24)(H,20,21). The van der Waals surface area contributed by atoms with Crippen LogP contribution in [0.1, 0.15) is 38.9 Å². The van der Waals surface area contributed by atoms with Crippen LogP contribution >= 0.6 is 0 Å². The van der Waals surface area contributed by atoms with E-state index in [1.165, 1.54) is 6.20 Å². The average Bonchev–Trinajstić information content (AvgIpc) is 3.02. The van der Waals surface area contributed by atoms with Gasteiger partial charge in [0.25, 0.3) is 0 Å². The number of aliphatic hydroxyl groups is 2. The molecule has 2 aromatic rings. The molecule has 0 spiro atoms. The Balaban J connectivity index is 1.92. The number of H-pyrrole nitrogens is 1. The fraction of sp³-hybridized carbons (Fsp3) is 0.444. The number of nitrogens with zero attached hydrogens (tertiary/aromatic N) is 1. The van der Waals surface area contributed by atoms with Crippen LogP contribution in [-0.2, 0) is 4.74 Å². The largest absolute Gasteiger partial charge is 0.444 e. The maximum atomic E-state index is 11.6. The Labute approximate surface area is 147 Å². The van der Waals surface area contributed by atoms with E-state index in [2.05, 4.69) is 15.5 Å². The Morgan fingerprint density at radius 1 is 1.28 bits per heavy atom. The number of aromatic amines is 1. The Hall–Kier alpha value is -2.38. The molecule has 0 radical (unpaired) electrons. The molecule has 25 heavy (non-hydrogen) atoms. The number of aromatic nitrogens is 2. The van der Waals surface area contributed by atoms with Gasteiger partial charge in [-0.2, -0.15) is 5.10 Å². The van der Waals surface area contributed by atoms with Crippen LogP contribution in [0.15, 0.2) is 36.5 Å². The van der Waals surface area contributed by atoms with Crippen LogP contribution in [0.3, 0.4) is 0 Å². The van der Waals surface area contributed by atoms with Crippen LogP contribution in [0.2, 0.25) is 0 Å². The van der Waals surface area contributed by atoms with Crippen molar-refractivity contribution < 1.29 is 19.7 Å². The van der Waals surface area contributed by atoms with Gasteiger partial charge in [0, 0.05) is 12.1 Å². The minimum atomic E-state index is -1.12. The number of carbonyl (C=O) groups is 1.